The number of ether oxygens (including phenoxy) is 3. The highest BCUT2D eigenvalue weighted by Crippen LogP contribution is 2.37. The van der Waals surface area contributed by atoms with Crippen LogP contribution in [0, 0.1) is 16.7 Å². The summed E-state index contributed by atoms with van der Waals surface area (Å²) in [6, 6.07) is 5.92. The van der Waals surface area contributed by atoms with Crippen molar-refractivity contribution in [3.63, 3.8) is 0 Å². The molecule has 4 heteroatoms. The first-order chi connectivity index (χ1) is 8.47. The summed E-state index contributed by atoms with van der Waals surface area (Å²) in [5.41, 5.74) is 0.481. The van der Waals surface area contributed by atoms with Gasteiger partial charge < -0.3 is 14.2 Å². The van der Waals surface area contributed by atoms with E-state index < -0.39 is 5.41 Å². The first kappa shape index (κ1) is 14.2. The molecular weight excluding hydrogens is 230 g/mol. The lowest BCUT2D eigenvalue weighted by Crippen LogP contribution is -2.12. The van der Waals surface area contributed by atoms with Gasteiger partial charge in [0.05, 0.1) is 32.8 Å². The SMILES string of the molecule is COc1cc(OC)c(OC)cc1CC(C)(C)C#N. The Morgan fingerprint density at radius 2 is 1.50 bits per heavy atom. The van der Waals surface area contributed by atoms with E-state index in [4.69, 9.17) is 19.5 Å². The van der Waals surface area contributed by atoms with E-state index in [1.165, 1.54) is 0 Å². The second kappa shape index (κ2) is 5.63. The van der Waals surface area contributed by atoms with Crippen LogP contribution in [0.25, 0.3) is 0 Å². The van der Waals surface area contributed by atoms with Crippen LogP contribution >= 0.6 is 0 Å². The number of rotatable bonds is 5. The summed E-state index contributed by atoms with van der Waals surface area (Å²) in [5.74, 6) is 1.96. The summed E-state index contributed by atoms with van der Waals surface area (Å²) >= 11 is 0. The summed E-state index contributed by atoms with van der Waals surface area (Å²) < 4.78 is 15.8. The minimum absolute atomic E-state index is 0.452. The van der Waals surface area contributed by atoms with Crippen molar-refractivity contribution in [3.8, 4) is 23.3 Å². The van der Waals surface area contributed by atoms with Crippen LogP contribution in [-0.2, 0) is 6.42 Å². The Kier molecular flexibility index (Phi) is 4.43. The molecule has 0 radical (unpaired) electrons. The highest BCUT2D eigenvalue weighted by molar-refractivity contribution is 5.51. The van der Waals surface area contributed by atoms with Crippen molar-refractivity contribution in [2.45, 2.75) is 20.3 Å². The Hall–Kier alpha value is -1.89. The maximum absolute atomic E-state index is 9.10. The lowest BCUT2D eigenvalue weighted by Gasteiger charge is -2.19. The van der Waals surface area contributed by atoms with Crippen molar-refractivity contribution in [2.24, 2.45) is 5.41 Å². The van der Waals surface area contributed by atoms with Crippen molar-refractivity contribution >= 4 is 0 Å². The predicted octanol–water partition coefficient (Wildman–Crippen LogP) is 2.80. The van der Waals surface area contributed by atoms with Crippen LogP contribution in [0.3, 0.4) is 0 Å². The molecule has 0 amide bonds. The predicted molar refractivity (Wildman–Crippen MR) is 69.2 cm³/mol. The molecule has 1 rings (SSSR count). The molecule has 0 aliphatic carbocycles. The van der Waals surface area contributed by atoms with Gasteiger partial charge in [-0.25, -0.2) is 0 Å². The quantitative estimate of drug-likeness (QED) is 0.805. The first-order valence-corrected chi connectivity index (χ1v) is 5.67. The standard InChI is InChI=1S/C14H19NO3/c1-14(2,9-15)8-10-6-12(17-4)13(18-5)7-11(10)16-3/h6-7H,8H2,1-5H3. The molecule has 1 aromatic rings. The molecule has 0 atom stereocenters. The average molecular weight is 249 g/mol. The molecule has 0 heterocycles. The van der Waals surface area contributed by atoms with Gasteiger partial charge in [0.25, 0.3) is 0 Å². The van der Waals surface area contributed by atoms with Crippen molar-refractivity contribution in [3.05, 3.63) is 17.7 Å². The second-order valence-corrected chi connectivity index (χ2v) is 4.69. The highest BCUT2D eigenvalue weighted by atomic mass is 16.5. The van der Waals surface area contributed by atoms with E-state index in [1.54, 1.807) is 27.4 Å². The number of hydrogen-bond acceptors (Lipinski definition) is 4. The van der Waals surface area contributed by atoms with Gasteiger partial charge in [-0.05, 0) is 31.9 Å². The number of methoxy groups -OCH3 is 3. The highest BCUT2D eigenvalue weighted by Gasteiger charge is 2.21. The number of nitrogens with zero attached hydrogens (tertiary/aromatic N) is 1. The van der Waals surface area contributed by atoms with E-state index in [-0.39, 0.29) is 0 Å². The lowest BCUT2D eigenvalue weighted by atomic mass is 9.87. The van der Waals surface area contributed by atoms with E-state index in [2.05, 4.69) is 6.07 Å². The first-order valence-electron chi connectivity index (χ1n) is 5.67. The Labute approximate surface area is 108 Å². The maximum atomic E-state index is 9.10. The van der Waals surface area contributed by atoms with E-state index in [9.17, 15) is 0 Å². The van der Waals surface area contributed by atoms with E-state index >= 15 is 0 Å². The van der Waals surface area contributed by atoms with Crippen LogP contribution in [0.4, 0.5) is 0 Å². The van der Waals surface area contributed by atoms with Crippen LogP contribution in [0.15, 0.2) is 12.1 Å². The summed E-state index contributed by atoms with van der Waals surface area (Å²) in [4.78, 5) is 0. The van der Waals surface area contributed by atoms with E-state index in [0.29, 0.717) is 23.7 Å². The molecule has 0 N–H and O–H groups in total. The average Bonchev–Trinajstić information content (AvgIpc) is 2.37. The summed E-state index contributed by atoms with van der Waals surface area (Å²) in [7, 11) is 4.77. The lowest BCUT2D eigenvalue weighted by molar-refractivity contribution is 0.345. The third kappa shape index (κ3) is 3.07. The van der Waals surface area contributed by atoms with Crippen LogP contribution in [0.5, 0.6) is 17.2 Å². The Morgan fingerprint density at radius 3 is 1.94 bits per heavy atom. The molecular formula is C14H19NO3. The van der Waals surface area contributed by atoms with E-state index in [1.807, 2.05) is 19.9 Å². The fourth-order valence-electron chi connectivity index (χ4n) is 1.75. The molecule has 0 aliphatic heterocycles. The Bertz CT molecular complexity index is 461. The van der Waals surface area contributed by atoms with Crippen molar-refractivity contribution in [2.75, 3.05) is 21.3 Å². The Morgan fingerprint density at radius 1 is 1.00 bits per heavy atom. The van der Waals surface area contributed by atoms with Gasteiger partial charge in [0.1, 0.15) is 5.75 Å². The van der Waals surface area contributed by atoms with Crippen molar-refractivity contribution in [1.82, 2.24) is 0 Å². The third-order valence-corrected chi connectivity index (χ3v) is 2.72. The number of benzene rings is 1. The molecule has 0 aromatic heterocycles. The monoisotopic (exact) mass is 249 g/mol. The van der Waals surface area contributed by atoms with Crippen LogP contribution in [0.1, 0.15) is 19.4 Å². The Balaban J connectivity index is 3.22. The molecule has 0 saturated heterocycles. The van der Waals surface area contributed by atoms with Gasteiger partial charge in [-0.1, -0.05) is 0 Å². The molecule has 18 heavy (non-hydrogen) atoms. The number of hydrogen-bond donors (Lipinski definition) is 0. The van der Waals surface area contributed by atoms with Gasteiger partial charge >= 0.3 is 0 Å². The maximum Gasteiger partial charge on any atom is 0.164 e. The zero-order chi connectivity index (χ0) is 13.8. The number of nitriles is 1. The molecule has 0 saturated carbocycles. The molecule has 4 nitrogen and oxygen atoms in total. The summed E-state index contributed by atoms with van der Waals surface area (Å²) in [6.45, 7) is 3.78. The van der Waals surface area contributed by atoms with Crippen molar-refractivity contribution < 1.29 is 14.2 Å². The van der Waals surface area contributed by atoms with Gasteiger partial charge in [0.15, 0.2) is 11.5 Å². The molecule has 98 valence electrons. The fraction of sp³-hybridized carbons (Fsp3) is 0.500. The molecule has 0 bridgehead atoms. The molecule has 1 aromatic carbocycles. The molecule has 0 aliphatic rings. The van der Waals surface area contributed by atoms with Gasteiger partial charge in [0, 0.05) is 6.07 Å². The van der Waals surface area contributed by atoms with E-state index in [0.717, 1.165) is 5.56 Å². The van der Waals surface area contributed by atoms with Gasteiger partial charge in [-0.2, -0.15) is 5.26 Å². The minimum Gasteiger partial charge on any atom is -0.496 e. The van der Waals surface area contributed by atoms with Crippen LogP contribution in [-0.4, -0.2) is 21.3 Å². The minimum atomic E-state index is -0.452. The molecule has 0 fully saturated rings. The van der Waals surface area contributed by atoms with Gasteiger partial charge in [0.2, 0.25) is 0 Å². The smallest absolute Gasteiger partial charge is 0.164 e. The zero-order valence-corrected chi connectivity index (χ0v) is 11.5. The normalized spacial score (nSPS) is 10.7. The van der Waals surface area contributed by atoms with Crippen molar-refractivity contribution in [1.29, 1.82) is 5.26 Å². The second-order valence-electron chi connectivity index (χ2n) is 4.69. The van der Waals surface area contributed by atoms with Crippen LogP contribution < -0.4 is 14.2 Å². The van der Waals surface area contributed by atoms with Crippen LogP contribution in [0.2, 0.25) is 0 Å². The molecule has 0 spiro atoms. The topological polar surface area (TPSA) is 51.5 Å². The molecule has 0 unspecified atom stereocenters. The zero-order valence-electron chi connectivity index (χ0n) is 11.5. The summed E-state index contributed by atoms with van der Waals surface area (Å²) in [5, 5.41) is 9.10. The fourth-order valence-corrected chi connectivity index (χ4v) is 1.75. The largest absolute Gasteiger partial charge is 0.496 e. The third-order valence-electron chi connectivity index (χ3n) is 2.72. The van der Waals surface area contributed by atoms with Gasteiger partial charge in [-0.15, -0.1) is 0 Å². The summed E-state index contributed by atoms with van der Waals surface area (Å²) in [6.07, 6.45) is 0.590. The van der Waals surface area contributed by atoms with Gasteiger partial charge in [-0.3, -0.25) is 0 Å².